The summed E-state index contributed by atoms with van der Waals surface area (Å²) in [5, 5.41) is 9.91. The number of carbonyl (C=O) groups is 1. The van der Waals surface area contributed by atoms with Gasteiger partial charge in [-0.3, -0.25) is 14.3 Å². The number of aromatic nitrogens is 2. The number of piperazine rings is 1. The van der Waals surface area contributed by atoms with Crippen molar-refractivity contribution >= 4 is 70.3 Å². The molecule has 1 fully saturated rings. The Hall–Kier alpha value is -1.99. The van der Waals surface area contributed by atoms with E-state index in [4.69, 9.17) is 16.7 Å². The fraction of sp³-hybridized carbons (Fsp3) is 0.348. The average molecular weight is 663 g/mol. The summed E-state index contributed by atoms with van der Waals surface area (Å²) in [7, 11) is -3.51. The SMILES string of the molecule is CCS(=O)(=O)c1ccc(Cl)cc1Cn1cnc2c(Br)c(CN3CCN(C(=O)O)CC3)c(Br)cc2c1=O. The number of halogens is 3. The second-order valence-corrected chi connectivity index (χ2v) is 12.8. The molecule has 1 aliphatic rings. The average Bonchev–Trinajstić information content (AvgIpc) is 2.84. The number of hydrogen-bond acceptors (Lipinski definition) is 6. The molecule has 1 saturated heterocycles. The molecule has 2 heterocycles. The summed E-state index contributed by atoms with van der Waals surface area (Å²) in [6.45, 7) is 4.18. The lowest BCUT2D eigenvalue weighted by molar-refractivity contribution is 0.103. The predicted octanol–water partition coefficient (Wildman–Crippen LogP) is 4.21. The predicted molar refractivity (Wildman–Crippen MR) is 145 cm³/mol. The molecule has 36 heavy (non-hydrogen) atoms. The molecule has 9 nitrogen and oxygen atoms in total. The Morgan fingerprint density at radius 1 is 1.14 bits per heavy atom. The first-order valence-electron chi connectivity index (χ1n) is 11.1. The number of nitrogens with zero attached hydrogens (tertiary/aromatic N) is 4. The van der Waals surface area contributed by atoms with Gasteiger partial charge in [0.2, 0.25) is 0 Å². The molecule has 0 spiro atoms. The molecular weight excluding hydrogens is 640 g/mol. The summed E-state index contributed by atoms with van der Waals surface area (Å²) in [5.74, 6) is -0.0689. The van der Waals surface area contributed by atoms with Crippen molar-refractivity contribution in [1.82, 2.24) is 19.4 Å². The minimum atomic E-state index is -3.51. The number of rotatable bonds is 6. The third kappa shape index (κ3) is 5.47. The maximum absolute atomic E-state index is 13.4. The van der Waals surface area contributed by atoms with Crippen LogP contribution in [0, 0.1) is 0 Å². The lowest BCUT2D eigenvalue weighted by atomic mass is 10.1. The summed E-state index contributed by atoms with van der Waals surface area (Å²) in [5.41, 5.74) is 1.50. The Morgan fingerprint density at radius 2 is 1.83 bits per heavy atom. The van der Waals surface area contributed by atoms with E-state index >= 15 is 0 Å². The summed E-state index contributed by atoms with van der Waals surface area (Å²) in [6, 6.07) is 6.26. The number of sulfone groups is 1. The third-order valence-corrected chi connectivity index (χ3v) is 9.83. The molecule has 0 bridgehead atoms. The van der Waals surface area contributed by atoms with Gasteiger partial charge in [0.15, 0.2) is 9.84 Å². The maximum Gasteiger partial charge on any atom is 0.407 e. The van der Waals surface area contributed by atoms with Gasteiger partial charge < -0.3 is 10.0 Å². The number of amides is 1. The van der Waals surface area contributed by atoms with Crippen molar-refractivity contribution in [2.24, 2.45) is 0 Å². The van der Waals surface area contributed by atoms with E-state index in [1.807, 2.05) is 0 Å². The van der Waals surface area contributed by atoms with E-state index in [2.05, 4.69) is 41.7 Å². The Labute approximate surface area is 229 Å². The van der Waals surface area contributed by atoms with E-state index in [1.165, 1.54) is 27.9 Å². The molecule has 4 rings (SSSR count). The fourth-order valence-corrected chi connectivity index (χ4v) is 6.94. The Bertz CT molecular complexity index is 1500. The summed E-state index contributed by atoms with van der Waals surface area (Å²) in [6.07, 6.45) is 0.488. The van der Waals surface area contributed by atoms with Crippen molar-refractivity contribution in [2.45, 2.75) is 24.9 Å². The van der Waals surface area contributed by atoms with Gasteiger partial charge in [-0.05, 0) is 51.3 Å². The first kappa shape index (κ1) is 27.1. The van der Waals surface area contributed by atoms with Crippen LogP contribution in [0.4, 0.5) is 4.79 Å². The van der Waals surface area contributed by atoms with Crippen LogP contribution in [0.3, 0.4) is 0 Å². The number of hydrogen-bond donors (Lipinski definition) is 1. The monoisotopic (exact) mass is 660 g/mol. The van der Waals surface area contributed by atoms with Gasteiger partial charge in [0.05, 0.1) is 34.4 Å². The van der Waals surface area contributed by atoms with Crippen LogP contribution in [0.1, 0.15) is 18.1 Å². The zero-order chi connectivity index (χ0) is 26.2. The molecule has 13 heteroatoms. The molecule has 192 valence electrons. The van der Waals surface area contributed by atoms with Crippen molar-refractivity contribution in [1.29, 1.82) is 0 Å². The van der Waals surface area contributed by atoms with Gasteiger partial charge in [0.25, 0.3) is 5.56 Å². The van der Waals surface area contributed by atoms with Crippen molar-refractivity contribution in [3.05, 3.63) is 66.0 Å². The quantitative estimate of drug-likeness (QED) is 0.421. The summed E-state index contributed by atoms with van der Waals surface area (Å²) < 4.78 is 27.9. The van der Waals surface area contributed by atoms with Crippen LogP contribution < -0.4 is 5.56 Å². The highest BCUT2D eigenvalue weighted by atomic mass is 79.9. The molecule has 0 aliphatic carbocycles. The van der Waals surface area contributed by atoms with E-state index in [0.717, 1.165) is 10.0 Å². The Kier molecular flexibility index (Phi) is 8.10. The van der Waals surface area contributed by atoms with Gasteiger partial charge >= 0.3 is 6.09 Å². The first-order valence-corrected chi connectivity index (χ1v) is 14.7. The third-order valence-electron chi connectivity index (χ3n) is 6.21. The van der Waals surface area contributed by atoms with Crippen LogP contribution in [-0.2, 0) is 22.9 Å². The number of carboxylic acid groups (broad SMARTS) is 1. The van der Waals surface area contributed by atoms with E-state index in [1.54, 1.807) is 19.1 Å². The smallest absolute Gasteiger partial charge is 0.407 e. The van der Waals surface area contributed by atoms with Crippen LogP contribution in [0.2, 0.25) is 5.02 Å². The summed E-state index contributed by atoms with van der Waals surface area (Å²) in [4.78, 5) is 32.7. The van der Waals surface area contributed by atoms with Crippen molar-refractivity contribution < 1.29 is 18.3 Å². The van der Waals surface area contributed by atoms with Gasteiger partial charge in [0.1, 0.15) is 0 Å². The zero-order valence-electron chi connectivity index (χ0n) is 19.2. The van der Waals surface area contributed by atoms with Gasteiger partial charge in [-0.1, -0.05) is 34.5 Å². The van der Waals surface area contributed by atoms with Crippen molar-refractivity contribution in [3.8, 4) is 0 Å². The Morgan fingerprint density at radius 3 is 2.47 bits per heavy atom. The van der Waals surface area contributed by atoms with Crippen LogP contribution in [0.25, 0.3) is 10.9 Å². The van der Waals surface area contributed by atoms with E-state index in [9.17, 15) is 18.0 Å². The van der Waals surface area contributed by atoms with Crippen LogP contribution in [0.5, 0.6) is 0 Å². The van der Waals surface area contributed by atoms with Crippen LogP contribution >= 0.6 is 43.5 Å². The number of benzene rings is 2. The van der Waals surface area contributed by atoms with E-state index in [-0.39, 0.29) is 22.8 Å². The fourth-order valence-electron chi connectivity index (χ4n) is 4.16. The molecule has 1 aromatic heterocycles. The van der Waals surface area contributed by atoms with E-state index in [0.29, 0.717) is 58.7 Å². The Balaban J connectivity index is 1.67. The molecule has 0 atom stereocenters. The molecule has 1 amide bonds. The molecule has 0 radical (unpaired) electrons. The second kappa shape index (κ2) is 10.8. The lowest BCUT2D eigenvalue weighted by Gasteiger charge is -2.33. The molecule has 0 unspecified atom stereocenters. The molecule has 3 aromatic rings. The molecule has 2 aromatic carbocycles. The largest absolute Gasteiger partial charge is 0.465 e. The minimum Gasteiger partial charge on any atom is -0.465 e. The second-order valence-electron chi connectivity index (χ2n) is 8.43. The highest BCUT2D eigenvalue weighted by molar-refractivity contribution is 9.11. The van der Waals surface area contributed by atoms with Crippen LogP contribution in [0.15, 0.2) is 49.2 Å². The highest BCUT2D eigenvalue weighted by Gasteiger charge is 2.23. The van der Waals surface area contributed by atoms with Crippen molar-refractivity contribution in [2.75, 3.05) is 31.9 Å². The standard InChI is InChI=1S/C23H23Br2ClN4O5S/c1-2-36(34,35)19-4-3-15(26)9-14(19)11-30-13-27-21-16(22(30)31)10-18(24)17(20(21)25)12-28-5-7-29(8-6-28)23(32)33/h3-4,9-10,13H,2,5-8,11-12H2,1H3,(H,32,33). The lowest BCUT2D eigenvalue weighted by Crippen LogP contribution is -2.47. The normalized spacial score (nSPS) is 14.9. The summed E-state index contributed by atoms with van der Waals surface area (Å²) >= 11 is 13.3. The first-order chi connectivity index (χ1) is 17.0. The maximum atomic E-state index is 13.4. The highest BCUT2D eigenvalue weighted by Crippen LogP contribution is 2.33. The molecular formula is C23H23Br2ClN4O5S. The van der Waals surface area contributed by atoms with E-state index < -0.39 is 15.9 Å². The zero-order valence-corrected chi connectivity index (χ0v) is 24.0. The van der Waals surface area contributed by atoms with Crippen LogP contribution in [-0.4, -0.2) is 70.9 Å². The van der Waals surface area contributed by atoms with Gasteiger partial charge in [-0.2, -0.15) is 0 Å². The van der Waals surface area contributed by atoms with Crippen molar-refractivity contribution in [3.63, 3.8) is 0 Å². The van der Waals surface area contributed by atoms with Gasteiger partial charge in [0, 0.05) is 46.7 Å². The number of fused-ring (bicyclic) bond motifs is 1. The minimum absolute atomic E-state index is 0.00173. The van der Waals surface area contributed by atoms with Gasteiger partial charge in [-0.15, -0.1) is 0 Å². The molecule has 0 saturated carbocycles. The van der Waals surface area contributed by atoms with Gasteiger partial charge in [-0.25, -0.2) is 18.2 Å². The topological polar surface area (TPSA) is 113 Å². The molecule has 1 N–H and O–H groups in total. The molecule has 1 aliphatic heterocycles.